The molecule has 4 rings (SSSR count). The van der Waals surface area contributed by atoms with E-state index in [4.69, 9.17) is 4.74 Å². The van der Waals surface area contributed by atoms with Gasteiger partial charge < -0.3 is 14.7 Å². The summed E-state index contributed by atoms with van der Waals surface area (Å²) >= 11 is 0. The maximum absolute atomic E-state index is 12.8. The van der Waals surface area contributed by atoms with Crippen molar-refractivity contribution in [3.63, 3.8) is 0 Å². The van der Waals surface area contributed by atoms with Gasteiger partial charge in [-0.3, -0.25) is 4.72 Å². The highest BCUT2D eigenvalue weighted by Crippen LogP contribution is 2.33. The molecular weight excluding hydrogens is 366 g/mol. The number of aromatic nitrogens is 1. The van der Waals surface area contributed by atoms with Gasteiger partial charge in [0.2, 0.25) is 5.88 Å². The number of hydrogen-bond acceptors (Lipinski definition) is 6. The quantitative estimate of drug-likeness (QED) is 0.720. The van der Waals surface area contributed by atoms with Gasteiger partial charge in [0.25, 0.3) is 10.0 Å². The third-order valence-corrected chi connectivity index (χ3v) is 5.95. The van der Waals surface area contributed by atoms with Crippen molar-refractivity contribution in [2.24, 2.45) is 0 Å². The van der Waals surface area contributed by atoms with E-state index in [9.17, 15) is 13.5 Å². The van der Waals surface area contributed by atoms with E-state index in [1.165, 1.54) is 6.07 Å². The average Bonchev–Trinajstić information content (AvgIpc) is 2.62. The van der Waals surface area contributed by atoms with Gasteiger partial charge in [0.15, 0.2) is 0 Å². The van der Waals surface area contributed by atoms with Gasteiger partial charge in [-0.05, 0) is 43.3 Å². The number of hydrogen-bond donors (Lipinski definition) is 2. The summed E-state index contributed by atoms with van der Waals surface area (Å²) in [5, 5.41) is 10.4. The minimum Gasteiger partial charge on any atom is -0.493 e. The first-order valence-corrected chi connectivity index (χ1v) is 9.93. The number of nitrogens with one attached hydrogen (secondary N) is 1. The molecule has 3 aromatic rings. The summed E-state index contributed by atoms with van der Waals surface area (Å²) in [5.74, 6) is 0.523. The zero-order chi connectivity index (χ0) is 19.2. The number of sulfonamides is 1. The maximum Gasteiger partial charge on any atom is 0.262 e. The lowest BCUT2D eigenvalue weighted by Crippen LogP contribution is -2.29. The van der Waals surface area contributed by atoms with E-state index in [-0.39, 0.29) is 10.8 Å². The van der Waals surface area contributed by atoms with E-state index in [2.05, 4.69) is 9.71 Å². The van der Waals surface area contributed by atoms with Gasteiger partial charge in [0, 0.05) is 29.8 Å². The number of likely N-dealkylation sites (N-methyl/N-ethyl adjacent to an activating group) is 1. The molecule has 0 amide bonds. The Morgan fingerprint density at radius 2 is 2.00 bits per heavy atom. The maximum atomic E-state index is 12.8. The SMILES string of the molecule is Cc1cc2cc(NS(=O)(=O)c3ccc4c(c3)OCCN4C)ccc2nc1O. The highest BCUT2D eigenvalue weighted by molar-refractivity contribution is 7.92. The van der Waals surface area contributed by atoms with Crippen molar-refractivity contribution in [3.8, 4) is 11.6 Å². The molecule has 1 aromatic heterocycles. The van der Waals surface area contributed by atoms with Crippen LogP contribution in [0.15, 0.2) is 47.4 Å². The second-order valence-electron chi connectivity index (χ2n) is 6.54. The Hall–Kier alpha value is -3.00. The Balaban J connectivity index is 1.67. The Morgan fingerprint density at radius 1 is 1.19 bits per heavy atom. The van der Waals surface area contributed by atoms with Gasteiger partial charge in [-0.25, -0.2) is 13.4 Å². The molecule has 1 aliphatic heterocycles. The zero-order valence-corrected chi connectivity index (χ0v) is 15.7. The molecule has 27 heavy (non-hydrogen) atoms. The monoisotopic (exact) mass is 385 g/mol. The van der Waals surface area contributed by atoms with E-state index in [0.717, 1.165) is 17.6 Å². The first-order valence-electron chi connectivity index (χ1n) is 8.45. The van der Waals surface area contributed by atoms with Gasteiger partial charge >= 0.3 is 0 Å². The third-order valence-electron chi connectivity index (χ3n) is 4.57. The summed E-state index contributed by atoms with van der Waals surface area (Å²) in [6.45, 7) is 3.02. The summed E-state index contributed by atoms with van der Waals surface area (Å²) in [7, 11) is -1.83. The number of pyridine rings is 1. The molecule has 1 aliphatic rings. The van der Waals surface area contributed by atoms with Gasteiger partial charge in [0.05, 0.1) is 22.6 Å². The molecule has 0 aliphatic carbocycles. The van der Waals surface area contributed by atoms with E-state index in [1.807, 2.05) is 11.9 Å². The van der Waals surface area contributed by atoms with Crippen LogP contribution in [0.2, 0.25) is 0 Å². The smallest absolute Gasteiger partial charge is 0.262 e. The zero-order valence-electron chi connectivity index (χ0n) is 14.9. The van der Waals surface area contributed by atoms with Crippen LogP contribution in [0.25, 0.3) is 10.9 Å². The second kappa shape index (κ2) is 6.31. The summed E-state index contributed by atoms with van der Waals surface area (Å²) in [6, 6.07) is 11.6. The van der Waals surface area contributed by atoms with Crippen molar-refractivity contribution >= 4 is 32.3 Å². The van der Waals surface area contributed by atoms with Gasteiger partial charge in [0.1, 0.15) is 12.4 Å². The molecule has 0 atom stereocenters. The number of benzene rings is 2. The first kappa shape index (κ1) is 17.4. The number of rotatable bonds is 3. The lowest BCUT2D eigenvalue weighted by atomic mass is 10.1. The summed E-state index contributed by atoms with van der Waals surface area (Å²) in [5.41, 5.74) is 2.50. The fourth-order valence-corrected chi connectivity index (χ4v) is 4.12. The molecule has 2 aromatic carbocycles. The van der Waals surface area contributed by atoms with Gasteiger partial charge in [-0.15, -0.1) is 0 Å². The topological polar surface area (TPSA) is 91.8 Å². The Morgan fingerprint density at radius 3 is 2.81 bits per heavy atom. The molecule has 2 N–H and O–H groups in total. The van der Waals surface area contributed by atoms with Crippen LogP contribution in [0.4, 0.5) is 11.4 Å². The lowest BCUT2D eigenvalue weighted by Gasteiger charge is -2.27. The number of nitrogens with zero attached hydrogens (tertiary/aromatic N) is 2. The first-order chi connectivity index (χ1) is 12.8. The fourth-order valence-electron chi connectivity index (χ4n) is 3.06. The molecule has 0 unspecified atom stereocenters. The number of fused-ring (bicyclic) bond motifs is 2. The highest BCUT2D eigenvalue weighted by Gasteiger charge is 2.21. The van der Waals surface area contributed by atoms with Crippen molar-refractivity contribution < 1.29 is 18.3 Å². The largest absolute Gasteiger partial charge is 0.493 e. The Bertz CT molecular complexity index is 1150. The summed E-state index contributed by atoms with van der Waals surface area (Å²) < 4.78 is 33.8. The minimum atomic E-state index is -3.77. The van der Waals surface area contributed by atoms with Crippen LogP contribution in [0.3, 0.4) is 0 Å². The lowest BCUT2D eigenvalue weighted by molar-refractivity contribution is 0.310. The van der Waals surface area contributed by atoms with Crippen molar-refractivity contribution in [3.05, 3.63) is 48.0 Å². The van der Waals surface area contributed by atoms with Crippen molar-refractivity contribution in [2.45, 2.75) is 11.8 Å². The normalized spacial score (nSPS) is 13.9. The predicted octanol–water partition coefficient (Wildman–Crippen LogP) is 2.88. The van der Waals surface area contributed by atoms with E-state index < -0.39 is 10.0 Å². The molecule has 140 valence electrons. The molecule has 8 heteroatoms. The van der Waals surface area contributed by atoms with Crippen molar-refractivity contribution in [1.82, 2.24) is 4.98 Å². The number of anilines is 2. The van der Waals surface area contributed by atoms with E-state index in [0.29, 0.717) is 29.1 Å². The standard InChI is InChI=1S/C19H19N3O4S/c1-12-9-13-10-14(3-5-16(13)20-19(12)23)21-27(24,25)15-4-6-17-18(11-15)26-8-7-22(17)2/h3-6,9-11,21H,7-8H2,1-2H3,(H,20,23). The van der Waals surface area contributed by atoms with Crippen molar-refractivity contribution in [2.75, 3.05) is 29.8 Å². The number of ether oxygens (including phenoxy) is 1. The van der Waals surface area contributed by atoms with Crippen LogP contribution in [0.5, 0.6) is 11.6 Å². The Labute approximate surface area is 157 Å². The molecule has 7 nitrogen and oxygen atoms in total. The van der Waals surface area contributed by atoms with Gasteiger partial charge in [-0.2, -0.15) is 0 Å². The number of aromatic hydroxyl groups is 1. The van der Waals surface area contributed by atoms with Crippen LogP contribution < -0.4 is 14.4 Å². The van der Waals surface area contributed by atoms with Crippen LogP contribution in [0.1, 0.15) is 5.56 Å². The van der Waals surface area contributed by atoms with Crippen LogP contribution >= 0.6 is 0 Å². The highest BCUT2D eigenvalue weighted by atomic mass is 32.2. The van der Waals surface area contributed by atoms with Crippen LogP contribution in [-0.4, -0.2) is 38.7 Å². The number of aryl methyl sites for hydroxylation is 1. The third kappa shape index (κ3) is 3.23. The van der Waals surface area contributed by atoms with Gasteiger partial charge in [-0.1, -0.05) is 0 Å². The van der Waals surface area contributed by atoms with Crippen LogP contribution in [0, 0.1) is 6.92 Å². The molecule has 0 radical (unpaired) electrons. The average molecular weight is 385 g/mol. The molecule has 0 spiro atoms. The minimum absolute atomic E-state index is 0.0325. The van der Waals surface area contributed by atoms with Crippen LogP contribution in [-0.2, 0) is 10.0 Å². The molecule has 0 fully saturated rings. The molecule has 0 saturated heterocycles. The predicted molar refractivity (Wildman–Crippen MR) is 104 cm³/mol. The summed E-state index contributed by atoms with van der Waals surface area (Å²) in [4.78, 5) is 6.24. The van der Waals surface area contributed by atoms with E-state index >= 15 is 0 Å². The molecule has 0 saturated carbocycles. The molecule has 0 bridgehead atoms. The summed E-state index contributed by atoms with van der Waals surface area (Å²) in [6.07, 6.45) is 0. The fraction of sp³-hybridized carbons (Fsp3) is 0.211. The molecule has 2 heterocycles. The Kier molecular flexibility index (Phi) is 4.07. The molecular formula is C19H19N3O4S. The van der Waals surface area contributed by atoms with Crippen molar-refractivity contribution in [1.29, 1.82) is 0 Å². The van der Waals surface area contributed by atoms with E-state index in [1.54, 1.807) is 43.3 Å². The second-order valence-corrected chi connectivity index (χ2v) is 8.22.